The van der Waals surface area contributed by atoms with Gasteiger partial charge in [-0.1, -0.05) is 20.9 Å². The summed E-state index contributed by atoms with van der Waals surface area (Å²) in [4.78, 5) is 3.88. The Labute approximate surface area is 74.0 Å². The minimum absolute atomic E-state index is 0. The average molecular weight is 171 g/mol. The van der Waals surface area contributed by atoms with Crippen LogP contribution < -0.4 is 0 Å². The second kappa shape index (κ2) is 8.17. The molecule has 0 radical (unpaired) electrons. The van der Waals surface area contributed by atoms with E-state index in [0.29, 0.717) is 6.61 Å². The normalized spacial score (nSPS) is 8.08. The lowest BCUT2D eigenvalue weighted by molar-refractivity contribution is -0.0113. The molecule has 0 aromatic carbocycles. The molecule has 1 aromatic heterocycles. The molecule has 70 valence electrons. The Bertz CT molecular complexity index is 177. The molecule has 0 saturated heterocycles. The second-order valence-electron chi connectivity index (χ2n) is 1.84. The van der Waals surface area contributed by atoms with Crippen molar-refractivity contribution < 1.29 is 9.84 Å². The summed E-state index contributed by atoms with van der Waals surface area (Å²) in [5.41, 5.74) is 0.969. The first-order valence-corrected chi connectivity index (χ1v) is 3.01. The second-order valence-corrected chi connectivity index (χ2v) is 1.84. The maximum Gasteiger partial charge on any atom is 0.144 e. The van der Waals surface area contributed by atoms with E-state index in [4.69, 9.17) is 9.84 Å². The van der Waals surface area contributed by atoms with Crippen LogP contribution in [-0.4, -0.2) is 16.9 Å². The minimum Gasteiger partial charge on any atom is -0.371 e. The lowest BCUT2D eigenvalue weighted by Gasteiger charge is -1.97. The molecule has 3 heteroatoms. The third-order valence-electron chi connectivity index (χ3n) is 1.08. The fourth-order valence-corrected chi connectivity index (χ4v) is 0.647. The van der Waals surface area contributed by atoms with Gasteiger partial charge in [0, 0.05) is 12.4 Å². The first kappa shape index (κ1) is 13.6. The van der Waals surface area contributed by atoms with Crippen molar-refractivity contribution in [2.45, 2.75) is 21.5 Å². The predicted molar refractivity (Wildman–Crippen MR) is 49.6 cm³/mol. The maximum absolute atomic E-state index is 8.28. The van der Waals surface area contributed by atoms with Gasteiger partial charge in [0.25, 0.3) is 0 Å². The van der Waals surface area contributed by atoms with Gasteiger partial charge in [-0.15, -0.1) is 0 Å². The van der Waals surface area contributed by atoms with Crippen LogP contribution in [0.25, 0.3) is 0 Å². The molecular weight excluding hydrogens is 154 g/mol. The highest BCUT2D eigenvalue weighted by Crippen LogP contribution is 1.96. The third-order valence-corrected chi connectivity index (χ3v) is 1.08. The van der Waals surface area contributed by atoms with E-state index in [2.05, 4.69) is 4.98 Å². The zero-order chi connectivity index (χ0) is 7.23. The van der Waals surface area contributed by atoms with E-state index >= 15 is 0 Å². The standard InChI is InChI=1S/C7H9NO2.2CH4/c9-6-10-5-7-2-1-3-8-4-7;;/h1-4,9H,5-6H2;2*1H4. The molecule has 1 N–H and O–H groups in total. The van der Waals surface area contributed by atoms with Gasteiger partial charge in [0.2, 0.25) is 0 Å². The van der Waals surface area contributed by atoms with E-state index in [1.54, 1.807) is 12.4 Å². The molecule has 12 heavy (non-hydrogen) atoms. The van der Waals surface area contributed by atoms with E-state index in [1.165, 1.54) is 0 Å². The van der Waals surface area contributed by atoms with Crippen LogP contribution in [0.3, 0.4) is 0 Å². The minimum atomic E-state index is -0.241. The average Bonchev–Trinajstić information content (AvgIpc) is 2.03. The number of pyridine rings is 1. The van der Waals surface area contributed by atoms with Crippen molar-refractivity contribution in [2.75, 3.05) is 6.79 Å². The Morgan fingerprint density at radius 1 is 1.42 bits per heavy atom. The number of rotatable bonds is 3. The summed E-state index contributed by atoms with van der Waals surface area (Å²) in [7, 11) is 0. The zero-order valence-corrected chi connectivity index (χ0v) is 5.53. The SMILES string of the molecule is C.C.OCOCc1cccnc1. The van der Waals surface area contributed by atoms with Crippen molar-refractivity contribution in [3.05, 3.63) is 30.1 Å². The summed E-state index contributed by atoms with van der Waals surface area (Å²) >= 11 is 0. The number of hydrogen-bond acceptors (Lipinski definition) is 3. The summed E-state index contributed by atoms with van der Waals surface area (Å²) < 4.78 is 4.74. The summed E-state index contributed by atoms with van der Waals surface area (Å²) in [6.07, 6.45) is 3.40. The van der Waals surface area contributed by atoms with Crippen LogP contribution in [0, 0.1) is 0 Å². The monoisotopic (exact) mass is 171 g/mol. The summed E-state index contributed by atoms with van der Waals surface area (Å²) in [5.74, 6) is 0. The number of nitrogens with zero attached hydrogens (tertiary/aromatic N) is 1. The molecule has 0 saturated carbocycles. The van der Waals surface area contributed by atoms with Crippen molar-refractivity contribution in [2.24, 2.45) is 0 Å². The Hall–Kier alpha value is -0.930. The van der Waals surface area contributed by atoms with Gasteiger partial charge in [-0.25, -0.2) is 0 Å². The topological polar surface area (TPSA) is 42.4 Å². The lowest BCUT2D eigenvalue weighted by atomic mass is 10.3. The highest BCUT2D eigenvalue weighted by molar-refractivity contribution is 5.06. The van der Waals surface area contributed by atoms with Gasteiger partial charge in [0.1, 0.15) is 6.79 Å². The van der Waals surface area contributed by atoms with Gasteiger partial charge in [-0.3, -0.25) is 4.98 Å². The Morgan fingerprint density at radius 2 is 2.17 bits per heavy atom. The van der Waals surface area contributed by atoms with Crippen LogP contribution in [0.1, 0.15) is 20.4 Å². The van der Waals surface area contributed by atoms with E-state index < -0.39 is 0 Å². The molecule has 1 rings (SSSR count). The molecule has 0 fully saturated rings. The molecule has 0 unspecified atom stereocenters. The third kappa shape index (κ3) is 4.82. The van der Waals surface area contributed by atoms with E-state index in [0.717, 1.165) is 5.56 Å². The van der Waals surface area contributed by atoms with E-state index in [-0.39, 0.29) is 21.6 Å². The van der Waals surface area contributed by atoms with Crippen LogP contribution in [0.2, 0.25) is 0 Å². The van der Waals surface area contributed by atoms with E-state index in [1.807, 2.05) is 12.1 Å². The van der Waals surface area contributed by atoms with Gasteiger partial charge in [0.05, 0.1) is 6.61 Å². The van der Waals surface area contributed by atoms with Crippen molar-refractivity contribution in [3.8, 4) is 0 Å². The molecule has 0 amide bonds. The Balaban J connectivity index is 0. The summed E-state index contributed by atoms with van der Waals surface area (Å²) in [5, 5.41) is 8.28. The number of ether oxygens (including phenoxy) is 1. The summed E-state index contributed by atoms with van der Waals surface area (Å²) in [6.45, 7) is 0.180. The smallest absolute Gasteiger partial charge is 0.144 e. The fraction of sp³-hybridized carbons (Fsp3) is 0.444. The van der Waals surface area contributed by atoms with Crippen molar-refractivity contribution >= 4 is 0 Å². The molecule has 3 nitrogen and oxygen atoms in total. The zero-order valence-electron chi connectivity index (χ0n) is 5.53. The summed E-state index contributed by atoms with van der Waals surface area (Å²) in [6, 6.07) is 3.72. The number of hydrogen-bond donors (Lipinski definition) is 1. The first-order chi connectivity index (χ1) is 4.93. The van der Waals surface area contributed by atoms with Gasteiger partial charge < -0.3 is 9.84 Å². The highest BCUT2D eigenvalue weighted by Gasteiger charge is 1.88. The molecule has 0 aliphatic rings. The number of aliphatic hydroxyl groups is 1. The molecule has 0 spiro atoms. The van der Waals surface area contributed by atoms with Crippen molar-refractivity contribution in [1.29, 1.82) is 0 Å². The van der Waals surface area contributed by atoms with Gasteiger partial charge in [-0.2, -0.15) is 0 Å². The van der Waals surface area contributed by atoms with Crippen molar-refractivity contribution in [3.63, 3.8) is 0 Å². The number of aromatic nitrogens is 1. The quantitative estimate of drug-likeness (QED) is 0.705. The molecule has 0 atom stereocenters. The van der Waals surface area contributed by atoms with Crippen LogP contribution in [0.4, 0.5) is 0 Å². The predicted octanol–water partition coefficient (Wildman–Crippen LogP) is 1.82. The maximum atomic E-state index is 8.28. The largest absolute Gasteiger partial charge is 0.371 e. The van der Waals surface area contributed by atoms with Gasteiger partial charge >= 0.3 is 0 Å². The molecule has 1 heterocycles. The van der Waals surface area contributed by atoms with Gasteiger partial charge in [0.15, 0.2) is 0 Å². The molecule has 0 aliphatic heterocycles. The number of aliphatic hydroxyl groups excluding tert-OH is 1. The van der Waals surface area contributed by atoms with Crippen LogP contribution in [0.15, 0.2) is 24.5 Å². The Morgan fingerprint density at radius 3 is 2.67 bits per heavy atom. The van der Waals surface area contributed by atoms with Crippen LogP contribution >= 0.6 is 0 Å². The molecule has 0 aliphatic carbocycles. The fourth-order valence-electron chi connectivity index (χ4n) is 0.647. The van der Waals surface area contributed by atoms with E-state index in [9.17, 15) is 0 Å². The Kier molecular flexibility index (Phi) is 9.29. The molecule has 1 aromatic rings. The van der Waals surface area contributed by atoms with Crippen LogP contribution in [0.5, 0.6) is 0 Å². The molecular formula is C9H17NO2. The first-order valence-electron chi connectivity index (χ1n) is 3.01. The van der Waals surface area contributed by atoms with Crippen molar-refractivity contribution in [1.82, 2.24) is 4.98 Å². The van der Waals surface area contributed by atoms with Crippen LogP contribution in [-0.2, 0) is 11.3 Å². The molecule has 0 bridgehead atoms. The highest BCUT2D eigenvalue weighted by atomic mass is 16.6. The lowest BCUT2D eigenvalue weighted by Crippen LogP contribution is -1.93. The van der Waals surface area contributed by atoms with Gasteiger partial charge in [-0.05, 0) is 11.6 Å².